The number of rotatable bonds is 1. The molecule has 46 heavy (non-hydrogen) atoms. The summed E-state index contributed by atoms with van der Waals surface area (Å²) in [5.41, 5.74) is 17.1. The summed E-state index contributed by atoms with van der Waals surface area (Å²) in [5, 5.41) is 2.65. The van der Waals surface area contributed by atoms with E-state index in [0.717, 1.165) is 0 Å². The number of benzene rings is 6. The van der Waals surface area contributed by atoms with Gasteiger partial charge in [-0.3, -0.25) is 0 Å². The van der Waals surface area contributed by atoms with Crippen LogP contribution in [0.2, 0.25) is 0 Å². The molecule has 0 amide bonds. The first-order chi connectivity index (χ1) is 22.1. The van der Waals surface area contributed by atoms with Gasteiger partial charge in [-0.05, 0) is 103 Å². The molecule has 0 atom stereocenters. The van der Waals surface area contributed by atoms with E-state index in [1.165, 1.54) is 83.1 Å². The maximum absolute atomic E-state index is 2.49. The van der Waals surface area contributed by atoms with Crippen LogP contribution in [0.25, 0.3) is 49.7 Å². The summed E-state index contributed by atoms with van der Waals surface area (Å²) in [7, 11) is 0. The van der Waals surface area contributed by atoms with Crippen molar-refractivity contribution < 1.29 is 0 Å². The normalized spacial score (nSPS) is 14.5. The minimum absolute atomic E-state index is 0.0731. The monoisotopic (exact) mass is 593 g/mol. The Morgan fingerprint density at radius 1 is 0.413 bits per heavy atom. The molecule has 0 fully saturated rings. The van der Waals surface area contributed by atoms with Gasteiger partial charge in [0.1, 0.15) is 0 Å². The Labute approximate surface area is 272 Å². The second-order valence-electron chi connectivity index (χ2n) is 15.4. The van der Waals surface area contributed by atoms with E-state index in [4.69, 9.17) is 0 Å². The lowest BCUT2D eigenvalue weighted by Gasteiger charge is -2.30. The van der Waals surface area contributed by atoms with Gasteiger partial charge in [0.15, 0.2) is 0 Å². The van der Waals surface area contributed by atoms with Crippen molar-refractivity contribution in [3.05, 3.63) is 161 Å². The van der Waals surface area contributed by atoms with E-state index in [1.807, 2.05) is 0 Å². The Balaban J connectivity index is 1.35. The minimum Gasteiger partial charge on any atom is -0.309 e. The number of nitrogens with zero attached hydrogens (tertiary/aromatic N) is 1. The Hall–Kier alpha value is -4.88. The molecule has 2 aliphatic rings. The maximum atomic E-state index is 2.49. The summed E-state index contributed by atoms with van der Waals surface area (Å²) in [5.74, 6) is 0. The van der Waals surface area contributed by atoms with E-state index in [2.05, 4.69) is 174 Å². The highest BCUT2D eigenvalue weighted by Gasteiger charge is 2.51. The van der Waals surface area contributed by atoms with Crippen LogP contribution in [0.4, 0.5) is 0 Å². The molecule has 1 aromatic heterocycles. The summed E-state index contributed by atoms with van der Waals surface area (Å²) in [6.45, 7) is 13.8. The van der Waals surface area contributed by atoms with Crippen LogP contribution in [0.15, 0.2) is 127 Å². The quantitative estimate of drug-likeness (QED) is 0.178. The molecule has 6 aromatic carbocycles. The third-order valence-corrected chi connectivity index (χ3v) is 10.7. The third-order valence-electron chi connectivity index (χ3n) is 10.7. The first-order valence-electron chi connectivity index (χ1n) is 16.6. The Kier molecular flexibility index (Phi) is 5.43. The molecule has 0 aliphatic heterocycles. The molecule has 2 aliphatic carbocycles. The zero-order valence-corrected chi connectivity index (χ0v) is 27.6. The van der Waals surface area contributed by atoms with Crippen molar-refractivity contribution in [2.24, 2.45) is 0 Å². The Morgan fingerprint density at radius 2 is 0.826 bits per heavy atom. The molecule has 224 valence electrons. The minimum atomic E-state index is -0.318. The number of aromatic nitrogens is 1. The van der Waals surface area contributed by atoms with Gasteiger partial charge in [-0.1, -0.05) is 133 Å². The van der Waals surface area contributed by atoms with Gasteiger partial charge in [-0.2, -0.15) is 0 Å². The van der Waals surface area contributed by atoms with Crippen molar-refractivity contribution in [1.82, 2.24) is 4.57 Å². The summed E-state index contributed by atoms with van der Waals surface area (Å²) in [6, 6.07) is 48.6. The van der Waals surface area contributed by atoms with Gasteiger partial charge in [0, 0.05) is 16.5 Å². The van der Waals surface area contributed by atoms with Gasteiger partial charge < -0.3 is 4.57 Å². The zero-order valence-electron chi connectivity index (χ0n) is 27.6. The molecule has 0 bridgehead atoms. The van der Waals surface area contributed by atoms with Gasteiger partial charge in [0.05, 0.1) is 16.4 Å². The highest BCUT2D eigenvalue weighted by molar-refractivity contribution is 6.10. The van der Waals surface area contributed by atoms with Crippen molar-refractivity contribution in [2.45, 2.75) is 57.8 Å². The zero-order chi connectivity index (χ0) is 31.6. The Morgan fingerprint density at radius 3 is 1.28 bits per heavy atom. The summed E-state index contributed by atoms with van der Waals surface area (Å²) >= 11 is 0. The third kappa shape index (κ3) is 3.52. The number of fused-ring (bicyclic) bond motifs is 13. The largest absolute Gasteiger partial charge is 0.309 e. The van der Waals surface area contributed by atoms with Gasteiger partial charge in [0.25, 0.3) is 0 Å². The van der Waals surface area contributed by atoms with Crippen molar-refractivity contribution in [2.75, 3.05) is 0 Å². The molecule has 0 radical (unpaired) electrons. The summed E-state index contributed by atoms with van der Waals surface area (Å²) < 4.78 is 2.49. The van der Waals surface area contributed by atoms with Crippen molar-refractivity contribution in [3.8, 4) is 27.9 Å². The molecule has 0 saturated heterocycles. The molecule has 0 unspecified atom stereocenters. The molecule has 1 heterocycles. The molecule has 9 rings (SSSR count). The van der Waals surface area contributed by atoms with E-state index in [9.17, 15) is 0 Å². The average molecular weight is 594 g/mol. The van der Waals surface area contributed by atoms with Crippen LogP contribution >= 0.6 is 0 Å². The van der Waals surface area contributed by atoms with E-state index in [1.54, 1.807) is 0 Å². The second-order valence-corrected chi connectivity index (χ2v) is 15.4. The maximum Gasteiger partial charge on any atom is 0.0725 e. The van der Waals surface area contributed by atoms with Crippen molar-refractivity contribution in [1.29, 1.82) is 0 Å². The van der Waals surface area contributed by atoms with Crippen molar-refractivity contribution in [3.63, 3.8) is 0 Å². The Bertz CT molecular complexity index is 2270. The topological polar surface area (TPSA) is 4.93 Å². The van der Waals surface area contributed by atoms with E-state index in [-0.39, 0.29) is 16.2 Å². The molecule has 7 aromatic rings. The second kappa shape index (κ2) is 9.10. The standard InChI is InChI=1S/C45H39N/c1-43(2,3)28-19-23-41-35(25-28)36-26-29(44(4,5)6)20-24-42(36)46(41)30-21-22-40-34(27-30)33-15-9-12-18-39(33)45(40)37-16-10-7-13-31(37)32-14-8-11-17-38(32)45/h7-27H,1-6H3. The average Bonchev–Trinajstić information content (AvgIpc) is 3.65. The fourth-order valence-electron chi connectivity index (χ4n) is 8.46. The lowest BCUT2D eigenvalue weighted by atomic mass is 9.70. The molecule has 1 nitrogen and oxygen atoms in total. The SMILES string of the molecule is CC(C)(C)c1ccc2c(c1)c1cc(C(C)(C)C)ccc1n2-c1ccc2c(c1)-c1ccccc1C21c2ccccc2-c2ccccc21. The smallest absolute Gasteiger partial charge is 0.0725 e. The molecule has 1 spiro atoms. The van der Waals surface area contributed by atoms with Crippen LogP contribution in [0.5, 0.6) is 0 Å². The molecular formula is C45H39N. The van der Waals surface area contributed by atoms with Crippen LogP contribution in [-0.4, -0.2) is 4.57 Å². The van der Waals surface area contributed by atoms with Crippen LogP contribution in [0.1, 0.15) is 74.9 Å². The summed E-state index contributed by atoms with van der Waals surface area (Å²) in [4.78, 5) is 0. The van der Waals surface area contributed by atoms with Gasteiger partial charge >= 0.3 is 0 Å². The van der Waals surface area contributed by atoms with E-state index >= 15 is 0 Å². The predicted molar refractivity (Wildman–Crippen MR) is 194 cm³/mol. The number of hydrogen-bond acceptors (Lipinski definition) is 0. The number of hydrogen-bond donors (Lipinski definition) is 0. The van der Waals surface area contributed by atoms with Gasteiger partial charge in [-0.25, -0.2) is 0 Å². The first kappa shape index (κ1) is 27.4. The van der Waals surface area contributed by atoms with Gasteiger partial charge in [-0.15, -0.1) is 0 Å². The van der Waals surface area contributed by atoms with Gasteiger partial charge in [0.2, 0.25) is 0 Å². The van der Waals surface area contributed by atoms with Crippen LogP contribution in [-0.2, 0) is 16.2 Å². The highest BCUT2D eigenvalue weighted by Crippen LogP contribution is 2.62. The van der Waals surface area contributed by atoms with Crippen LogP contribution in [0.3, 0.4) is 0 Å². The fraction of sp³-hybridized carbons (Fsp3) is 0.200. The molecule has 0 N–H and O–H groups in total. The van der Waals surface area contributed by atoms with Crippen LogP contribution < -0.4 is 0 Å². The molecule has 1 heteroatoms. The predicted octanol–water partition coefficient (Wildman–Crippen LogP) is 11.7. The van der Waals surface area contributed by atoms with E-state index < -0.39 is 0 Å². The summed E-state index contributed by atoms with van der Waals surface area (Å²) in [6.07, 6.45) is 0. The fourth-order valence-corrected chi connectivity index (χ4v) is 8.46. The highest BCUT2D eigenvalue weighted by atomic mass is 15.0. The molecule has 0 saturated carbocycles. The van der Waals surface area contributed by atoms with E-state index in [0.29, 0.717) is 0 Å². The lowest BCUT2D eigenvalue weighted by molar-refractivity contribution is 0.590. The lowest BCUT2D eigenvalue weighted by Crippen LogP contribution is -2.25. The first-order valence-corrected chi connectivity index (χ1v) is 16.6. The van der Waals surface area contributed by atoms with Crippen molar-refractivity contribution >= 4 is 21.8 Å². The van der Waals surface area contributed by atoms with Crippen LogP contribution in [0, 0.1) is 0 Å². The molecular weight excluding hydrogens is 555 g/mol.